The van der Waals surface area contributed by atoms with Crippen molar-refractivity contribution in [2.45, 2.75) is 0 Å². The molecule has 0 radical (unpaired) electrons. The Morgan fingerprint density at radius 3 is 1.58 bits per heavy atom. The highest BCUT2D eigenvalue weighted by atomic mass is 31.2. The SMILES string of the molecule is N#Cc1c(F)c(F)c(C(/C=N/[P+](CP(c2ccccc2)c2ccccc2)(c2ccccc2)c2ccccc2)=C(\C2=C=CC=C2)c2ccccc2)c(F)c1C#N. The second-order valence-electron chi connectivity index (χ2n) is 12.5. The molecule has 0 spiro atoms. The van der Waals surface area contributed by atoms with Gasteiger partial charge in [-0.1, -0.05) is 133 Å². The number of hydrogen-bond acceptors (Lipinski definition) is 3. The number of halogens is 3. The first kappa shape index (κ1) is 37.0. The molecule has 3 nitrogen and oxygen atoms in total. The van der Waals surface area contributed by atoms with Gasteiger partial charge >= 0.3 is 0 Å². The molecule has 6 aromatic rings. The van der Waals surface area contributed by atoms with Crippen LogP contribution in [0.15, 0.2) is 186 Å². The molecule has 0 heterocycles. The molecule has 7 rings (SSSR count). The molecule has 0 aromatic heterocycles. The molecule has 0 fully saturated rings. The van der Waals surface area contributed by atoms with Crippen molar-refractivity contribution < 1.29 is 13.2 Å². The van der Waals surface area contributed by atoms with Gasteiger partial charge in [0.15, 0.2) is 17.5 Å². The van der Waals surface area contributed by atoms with E-state index in [9.17, 15) is 10.5 Å². The minimum absolute atomic E-state index is 0.0940. The van der Waals surface area contributed by atoms with Crippen LogP contribution >= 0.6 is 15.3 Å². The predicted octanol–water partition coefficient (Wildman–Crippen LogP) is 10.2. The molecular formula is C47H31F3N3P2+. The zero-order valence-corrected chi connectivity index (χ0v) is 31.1. The third-order valence-electron chi connectivity index (χ3n) is 9.25. The zero-order valence-electron chi connectivity index (χ0n) is 29.3. The summed E-state index contributed by atoms with van der Waals surface area (Å²) in [6.45, 7) is 0. The van der Waals surface area contributed by atoms with E-state index in [1.165, 1.54) is 12.3 Å². The number of nitrogens with zero attached hydrogens (tertiary/aromatic N) is 3. The van der Waals surface area contributed by atoms with Crippen molar-refractivity contribution in [2.24, 2.45) is 4.76 Å². The van der Waals surface area contributed by atoms with E-state index >= 15 is 13.2 Å². The first-order valence-corrected chi connectivity index (χ1v) is 20.8. The van der Waals surface area contributed by atoms with Crippen molar-refractivity contribution in [3.63, 3.8) is 0 Å². The molecule has 0 amide bonds. The maximum atomic E-state index is 16.8. The van der Waals surface area contributed by atoms with Crippen molar-refractivity contribution in [3.8, 4) is 12.1 Å². The maximum absolute atomic E-state index is 16.8. The fraction of sp³-hybridized carbons (Fsp3) is 0.0213. The van der Waals surface area contributed by atoms with E-state index in [0.717, 1.165) is 21.2 Å². The third-order valence-corrected chi connectivity index (χ3v) is 16.7. The number of benzene rings is 6. The average molecular weight is 757 g/mol. The monoisotopic (exact) mass is 756 g/mol. The van der Waals surface area contributed by atoms with E-state index in [4.69, 9.17) is 4.76 Å². The molecular weight excluding hydrogens is 725 g/mol. The molecule has 1 aliphatic rings. The quantitative estimate of drug-likeness (QED) is 0.0435. The van der Waals surface area contributed by atoms with Gasteiger partial charge in [0, 0.05) is 16.7 Å². The Kier molecular flexibility index (Phi) is 11.3. The number of nitriles is 2. The molecule has 0 bridgehead atoms. The number of rotatable bonds is 11. The molecule has 8 heteroatoms. The number of allylic oxidation sites excluding steroid dienone is 5. The summed E-state index contributed by atoms with van der Waals surface area (Å²) in [5.41, 5.74) is 1.77. The van der Waals surface area contributed by atoms with Gasteiger partial charge < -0.3 is 0 Å². The predicted molar refractivity (Wildman–Crippen MR) is 221 cm³/mol. The summed E-state index contributed by atoms with van der Waals surface area (Å²) in [5, 5.41) is 23.8. The van der Waals surface area contributed by atoms with Crippen molar-refractivity contribution in [1.29, 1.82) is 10.5 Å². The van der Waals surface area contributed by atoms with E-state index in [-0.39, 0.29) is 5.57 Å². The highest BCUT2D eigenvalue weighted by molar-refractivity contribution is 7.97. The Hall–Kier alpha value is -6.38. The molecule has 0 atom stereocenters. The van der Waals surface area contributed by atoms with Gasteiger partial charge in [0.1, 0.15) is 39.8 Å². The van der Waals surface area contributed by atoms with Gasteiger partial charge in [-0.05, 0) is 60.5 Å². The molecule has 6 aromatic carbocycles. The smallest absolute Gasteiger partial charge is 0.202 e. The van der Waals surface area contributed by atoms with E-state index in [0.29, 0.717) is 22.6 Å². The second kappa shape index (κ2) is 16.7. The maximum Gasteiger partial charge on any atom is 0.202 e. The highest BCUT2D eigenvalue weighted by Gasteiger charge is 2.46. The molecule has 0 N–H and O–H groups in total. The van der Waals surface area contributed by atoms with Gasteiger partial charge in [0.25, 0.3) is 0 Å². The Morgan fingerprint density at radius 1 is 0.636 bits per heavy atom. The fourth-order valence-electron chi connectivity index (χ4n) is 6.63. The van der Waals surface area contributed by atoms with Crippen LogP contribution < -0.4 is 21.2 Å². The summed E-state index contributed by atoms with van der Waals surface area (Å²) < 4.78 is 54.7. The van der Waals surface area contributed by atoms with Crippen LogP contribution in [0, 0.1) is 40.1 Å². The van der Waals surface area contributed by atoms with E-state index in [2.05, 4.69) is 30.0 Å². The lowest BCUT2D eigenvalue weighted by Crippen LogP contribution is -2.26. The van der Waals surface area contributed by atoms with Crippen LogP contribution in [0.25, 0.3) is 11.1 Å². The fourth-order valence-corrected chi connectivity index (χ4v) is 14.7. The minimum Gasteiger partial charge on any atom is -0.205 e. The first-order valence-electron chi connectivity index (χ1n) is 17.3. The lowest BCUT2D eigenvalue weighted by molar-refractivity contribution is 0.488. The third kappa shape index (κ3) is 7.41. The lowest BCUT2D eigenvalue weighted by atomic mass is 9.88. The Bertz CT molecular complexity index is 2510. The van der Waals surface area contributed by atoms with Crippen LogP contribution in [0.4, 0.5) is 13.2 Å². The van der Waals surface area contributed by atoms with Crippen LogP contribution in [0.1, 0.15) is 22.3 Å². The van der Waals surface area contributed by atoms with Crippen LogP contribution in [-0.2, 0) is 0 Å². The summed E-state index contributed by atoms with van der Waals surface area (Å²) in [4.78, 5) is 0. The highest BCUT2D eigenvalue weighted by Crippen LogP contribution is 2.65. The first-order chi connectivity index (χ1) is 27.0. The normalized spacial score (nSPS) is 12.7. The molecule has 0 saturated carbocycles. The largest absolute Gasteiger partial charge is 0.205 e. The summed E-state index contributed by atoms with van der Waals surface area (Å²) in [5.74, 6) is -4.00. The zero-order chi connectivity index (χ0) is 38.2. The Morgan fingerprint density at radius 2 is 1.11 bits per heavy atom. The van der Waals surface area contributed by atoms with Crippen molar-refractivity contribution in [1.82, 2.24) is 0 Å². The van der Waals surface area contributed by atoms with Crippen molar-refractivity contribution in [3.05, 3.63) is 221 Å². The van der Waals surface area contributed by atoms with E-state index < -0.39 is 49.5 Å². The molecule has 264 valence electrons. The van der Waals surface area contributed by atoms with Gasteiger partial charge in [-0.25, -0.2) is 13.2 Å². The summed E-state index contributed by atoms with van der Waals surface area (Å²) >= 11 is 0. The van der Waals surface area contributed by atoms with Crippen LogP contribution in [0.5, 0.6) is 0 Å². The van der Waals surface area contributed by atoms with Crippen molar-refractivity contribution >= 4 is 53.9 Å². The summed E-state index contributed by atoms with van der Waals surface area (Å²) in [6.07, 6.45) is 6.63. The summed E-state index contributed by atoms with van der Waals surface area (Å²) in [7, 11) is -4.02. The lowest BCUT2D eigenvalue weighted by Gasteiger charge is -2.28. The Balaban J connectivity index is 1.60. The Labute approximate surface area is 320 Å². The van der Waals surface area contributed by atoms with Gasteiger partial charge in [0.05, 0.1) is 11.8 Å². The standard InChI is InChI=1S/C47H31F3N3P2/c48-45-40(30-51)41(31-52)46(49)47(50)44(45)42(43(35-20-16-17-21-35)34-18-6-1-7-19-34)32-53-55(38-26-12-4-13-27-38,39-28-14-5-15-29-39)33-54(36-22-8-2-9-23-36)37-24-10-3-11-25-37/h1-20,22-29,32H,33H2/q+1/b43-42-,53-32+. The van der Waals surface area contributed by atoms with E-state index in [1.54, 1.807) is 48.6 Å². The molecule has 0 unspecified atom stereocenters. The molecule has 0 saturated heterocycles. The molecule has 55 heavy (non-hydrogen) atoms. The van der Waals surface area contributed by atoms with E-state index in [1.807, 2.05) is 103 Å². The minimum atomic E-state index is -2.95. The van der Waals surface area contributed by atoms with Gasteiger partial charge in [-0.3, -0.25) is 0 Å². The van der Waals surface area contributed by atoms with Crippen LogP contribution in [0.3, 0.4) is 0 Å². The molecule has 0 aliphatic heterocycles. The van der Waals surface area contributed by atoms with Gasteiger partial charge in [-0.15, -0.1) is 10.5 Å². The topological polar surface area (TPSA) is 59.9 Å². The van der Waals surface area contributed by atoms with Crippen LogP contribution in [0.2, 0.25) is 0 Å². The number of hydrogen-bond donors (Lipinski definition) is 0. The summed E-state index contributed by atoms with van der Waals surface area (Å²) in [6, 6.07) is 52.4. The van der Waals surface area contributed by atoms with Gasteiger partial charge in [0.2, 0.25) is 7.41 Å². The van der Waals surface area contributed by atoms with Gasteiger partial charge in [-0.2, -0.15) is 10.5 Å². The second-order valence-corrected chi connectivity index (χ2v) is 18.3. The van der Waals surface area contributed by atoms with Crippen LogP contribution in [-0.4, -0.2) is 12.1 Å². The average Bonchev–Trinajstić information content (AvgIpc) is 3.78. The molecule has 1 aliphatic carbocycles. The van der Waals surface area contributed by atoms with Crippen molar-refractivity contribution in [2.75, 3.05) is 5.90 Å².